The number of amides is 1. The number of nitrogens with zero attached hydrogens (tertiary/aromatic N) is 3. The molecule has 0 spiro atoms. The number of anilines is 1. The number of rotatable bonds is 5. The van der Waals surface area contributed by atoms with Crippen LogP contribution in [-0.2, 0) is 4.79 Å². The molecule has 0 saturated carbocycles. The van der Waals surface area contributed by atoms with Gasteiger partial charge in [0.15, 0.2) is 11.8 Å². The van der Waals surface area contributed by atoms with Gasteiger partial charge in [0.25, 0.3) is 5.91 Å². The molecule has 2 heterocycles. The lowest BCUT2D eigenvalue weighted by molar-refractivity contribution is -0.390. The highest BCUT2D eigenvalue weighted by atomic mass is 35.5. The Morgan fingerprint density at radius 3 is 2.91 bits per heavy atom. The summed E-state index contributed by atoms with van der Waals surface area (Å²) in [6.45, 7) is 1.20. The average Bonchev–Trinajstić information content (AvgIpc) is 2.48. The van der Waals surface area contributed by atoms with E-state index in [1.165, 1.54) is 12.3 Å². The lowest BCUT2D eigenvalue weighted by Gasteiger charge is -2.08. The number of aromatic nitrogens is 2. The summed E-state index contributed by atoms with van der Waals surface area (Å²) in [7, 11) is 0. The van der Waals surface area contributed by atoms with Crippen molar-refractivity contribution < 1.29 is 14.5 Å². The summed E-state index contributed by atoms with van der Waals surface area (Å²) < 4.78 is 5.15. The predicted molar refractivity (Wildman–Crippen MR) is 79.0 cm³/mol. The van der Waals surface area contributed by atoms with Crippen molar-refractivity contribution >= 4 is 29.0 Å². The average molecular weight is 323 g/mol. The topological polar surface area (TPSA) is 107 Å². The highest BCUT2D eigenvalue weighted by Gasteiger charge is 2.18. The van der Waals surface area contributed by atoms with Crippen molar-refractivity contribution in [1.82, 2.24) is 9.97 Å². The highest BCUT2D eigenvalue weighted by molar-refractivity contribution is 6.32. The monoisotopic (exact) mass is 322 g/mol. The fraction of sp³-hybridized carbons (Fsp3) is 0.154. The Kier molecular flexibility index (Phi) is 4.84. The van der Waals surface area contributed by atoms with E-state index in [0.717, 1.165) is 0 Å². The second-order valence-electron chi connectivity index (χ2n) is 4.21. The van der Waals surface area contributed by atoms with Crippen LogP contribution >= 0.6 is 11.6 Å². The Labute approximate surface area is 130 Å². The van der Waals surface area contributed by atoms with Gasteiger partial charge in [-0.1, -0.05) is 11.6 Å². The molecule has 114 valence electrons. The van der Waals surface area contributed by atoms with E-state index in [-0.39, 0.29) is 10.9 Å². The molecule has 0 fully saturated rings. The first-order chi connectivity index (χ1) is 10.5. The minimum Gasteiger partial charge on any atom is -0.476 e. The number of ether oxygens (including phenoxy) is 1. The Morgan fingerprint density at radius 2 is 2.23 bits per heavy atom. The smallest absolute Gasteiger partial charge is 0.406 e. The van der Waals surface area contributed by atoms with Gasteiger partial charge in [0.1, 0.15) is 5.69 Å². The second kappa shape index (κ2) is 6.81. The molecule has 0 aliphatic carbocycles. The zero-order valence-corrected chi connectivity index (χ0v) is 12.2. The van der Waals surface area contributed by atoms with E-state index in [1.54, 1.807) is 25.1 Å². The summed E-state index contributed by atoms with van der Waals surface area (Å²) in [5, 5.41) is 13.5. The number of halogens is 1. The molecule has 1 amide bonds. The van der Waals surface area contributed by atoms with Crippen molar-refractivity contribution in [2.75, 3.05) is 11.9 Å². The first-order valence-corrected chi connectivity index (χ1v) is 6.50. The molecule has 0 aromatic carbocycles. The molecule has 22 heavy (non-hydrogen) atoms. The SMILES string of the molecule is Cc1ccc(OCC(=O)Nc2cccnc2Cl)c([N+](=O)[O-])n1. The summed E-state index contributed by atoms with van der Waals surface area (Å²) in [4.78, 5) is 29.6. The molecule has 0 bridgehead atoms. The molecule has 0 saturated heterocycles. The Morgan fingerprint density at radius 1 is 1.45 bits per heavy atom. The van der Waals surface area contributed by atoms with E-state index >= 15 is 0 Å². The Hall–Kier alpha value is -2.74. The molecule has 9 heteroatoms. The minimum atomic E-state index is -0.668. The van der Waals surface area contributed by atoms with Crippen LogP contribution in [0.4, 0.5) is 11.5 Å². The van der Waals surface area contributed by atoms with E-state index in [1.807, 2.05) is 0 Å². The number of nitro groups is 1. The molecular formula is C13H11ClN4O4. The van der Waals surface area contributed by atoms with Gasteiger partial charge >= 0.3 is 5.82 Å². The molecule has 0 radical (unpaired) electrons. The maximum Gasteiger partial charge on any atom is 0.406 e. The molecule has 2 aromatic heterocycles. The summed E-state index contributed by atoms with van der Waals surface area (Å²) in [5.74, 6) is -1.04. The third-order valence-corrected chi connectivity index (χ3v) is 2.84. The predicted octanol–water partition coefficient (Wildman–Crippen LogP) is 2.36. The number of hydrogen-bond acceptors (Lipinski definition) is 6. The van der Waals surface area contributed by atoms with E-state index in [2.05, 4.69) is 15.3 Å². The minimum absolute atomic E-state index is 0.0805. The molecule has 2 rings (SSSR count). The van der Waals surface area contributed by atoms with E-state index in [4.69, 9.17) is 16.3 Å². The Balaban J connectivity index is 2.03. The zero-order valence-electron chi connectivity index (χ0n) is 11.4. The molecule has 0 atom stereocenters. The van der Waals surface area contributed by atoms with Gasteiger partial charge in [-0.3, -0.25) is 4.79 Å². The van der Waals surface area contributed by atoms with Gasteiger partial charge in [-0.2, -0.15) is 0 Å². The summed E-state index contributed by atoms with van der Waals surface area (Å²) in [6, 6.07) is 6.13. The van der Waals surface area contributed by atoms with Crippen molar-refractivity contribution in [2.45, 2.75) is 6.92 Å². The zero-order chi connectivity index (χ0) is 16.1. The van der Waals surface area contributed by atoms with Crippen LogP contribution in [0.15, 0.2) is 30.5 Å². The molecule has 1 N–H and O–H groups in total. The lowest BCUT2D eigenvalue weighted by atomic mass is 10.3. The first kappa shape index (κ1) is 15.6. The van der Waals surface area contributed by atoms with Crippen LogP contribution in [0.25, 0.3) is 0 Å². The van der Waals surface area contributed by atoms with Crippen LogP contribution in [0, 0.1) is 17.0 Å². The number of carbonyl (C=O) groups is 1. The van der Waals surface area contributed by atoms with Gasteiger partial charge in [-0.05, 0) is 34.2 Å². The number of nitrogens with one attached hydrogen (secondary N) is 1. The van der Waals surface area contributed by atoms with Gasteiger partial charge in [-0.25, -0.2) is 4.98 Å². The standard InChI is InChI=1S/C13H11ClN4O4/c1-8-4-5-10(13(16-8)18(20)21)22-7-11(19)17-9-3-2-6-15-12(9)14/h2-6H,7H2,1H3,(H,17,19). The summed E-state index contributed by atoms with van der Waals surface area (Å²) in [5.41, 5.74) is 0.806. The van der Waals surface area contributed by atoms with Gasteiger partial charge in [-0.15, -0.1) is 0 Å². The van der Waals surface area contributed by atoms with Crippen LogP contribution in [0.3, 0.4) is 0 Å². The maximum atomic E-state index is 11.8. The van der Waals surface area contributed by atoms with Crippen LogP contribution in [0.2, 0.25) is 5.15 Å². The van der Waals surface area contributed by atoms with Crippen LogP contribution < -0.4 is 10.1 Å². The van der Waals surface area contributed by atoms with Gasteiger partial charge in [0, 0.05) is 13.1 Å². The number of carbonyl (C=O) groups excluding carboxylic acids is 1. The maximum absolute atomic E-state index is 11.8. The van der Waals surface area contributed by atoms with Crippen LogP contribution in [-0.4, -0.2) is 27.4 Å². The van der Waals surface area contributed by atoms with E-state index < -0.39 is 23.3 Å². The number of hydrogen-bond donors (Lipinski definition) is 1. The Bertz CT molecular complexity index is 723. The van der Waals surface area contributed by atoms with Crippen molar-refractivity contribution in [3.8, 4) is 5.75 Å². The van der Waals surface area contributed by atoms with E-state index in [9.17, 15) is 14.9 Å². The molecule has 0 aliphatic rings. The molecule has 8 nitrogen and oxygen atoms in total. The second-order valence-corrected chi connectivity index (χ2v) is 4.57. The van der Waals surface area contributed by atoms with Gasteiger partial charge < -0.3 is 20.2 Å². The summed E-state index contributed by atoms with van der Waals surface area (Å²) in [6.07, 6.45) is 1.48. The van der Waals surface area contributed by atoms with Crippen LogP contribution in [0.1, 0.15) is 5.69 Å². The fourth-order valence-electron chi connectivity index (χ4n) is 1.58. The largest absolute Gasteiger partial charge is 0.476 e. The number of aryl methyl sites for hydroxylation is 1. The van der Waals surface area contributed by atoms with Crippen molar-refractivity contribution in [3.63, 3.8) is 0 Å². The summed E-state index contributed by atoms with van der Waals surface area (Å²) >= 11 is 5.80. The van der Waals surface area contributed by atoms with Gasteiger partial charge in [0.05, 0.1) is 5.69 Å². The van der Waals surface area contributed by atoms with Crippen molar-refractivity contribution in [3.05, 3.63) is 51.4 Å². The van der Waals surface area contributed by atoms with E-state index in [0.29, 0.717) is 11.4 Å². The highest BCUT2D eigenvalue weighted by Crippen LogP contribution is 2.24. The van der Waals surface area contributed by atoms with Gasteiger partial charge in [0.2, 0.25) is 5.75 Å². The van der Waals surface area contributed by atoms with Crippen molar-refractivity contribution in [1.29, 1.82) is 0 Å². The van der Waals surface area contributed by atoms with Crippen molar-refractivity contribution in [2.24, 2.45) is 0 Å². The first-order valence-electron chi connectivity index (χ1n) is 6.12. The quantitative estimate of drug-likeness (QED) is 0.514. The third kappa shape index (κ3) is 3.89. The third-order valence-electron chi connectivity index (χ3n) is 2.54. The lowest BCUT2D eigenvalue weighted by Crippen LogP contribution is -2.21. The number of pyridine rings is 2. The fourth-order valence-corrected chi connectivity index (χ4v) is 1.75. The van der Waals surface area contributed by atoms with Crippen LogP contribution in [0.5, 0.6) is 5.75 Å². The normalized spacial score (nSPS) is 10.1. The molecular weight excluding hydrogens is 312 g/mol. The molecule has 0 aliphatic heterocycles. The molecule has 2 aromatic rings. The molecule has 0 unspecified atom stereocenters.